The van der Waals surface area contributed by atoms with Crippen LogP contribution in [-0.2, 0) is 4.79 Å². The number of urea groups is 1. The summed E-state index contributed by atoms with van der Waals surface area (Å²) in [6.45, 7) is 2.35. The molecule has 14 heavy (non-hydrogen) atoms. The van der Waals surface area contributed by atoms with Gasteiger partial charge in [-0.3, -0.25) is 10.1 Å². The first-order chi connectivity index (χ1) is 6.47. The monoisotopic (exact) mass is 203 g/mol. The number of hydrogen-bond acceptors (Lipinski definition) is 4. The fourth-order valence-electron chi connectivity index (χ4n) is 0.838. The van der Waals surface area contributed by atoms with Crippen LogP contribution in [0.15, 0.2) is 0 Å². The van der Waals surface area contributed by atoms with Crippen molar-refractivity contribution in [3.63, 3.8) is 0 Å². The van der Waals surface area contributed by atoms with E-state index in [-0.39, 0.29) is 19.1 Å². The maximum absolute atomic E-state index is 11.0. The fourth-order valence-corrected chi connectivity index (χ4v) is 0.838. The van der Waals surface area contributed by atoms with E-state index in [4.69, 9.17) is 10.8 Å². The average molecular weight is 203 g/mol. The number of aliphatic hydroxyl groups is 1. The molecule has 0 saturated heterocycles. The number of hydrogen-bond donors (Lipinski definition) is 3. The van der Waals surface area contributed by atoms with Crippen LogP contribution in [0.2, 0.25) is 0 Å². The molecule has 0 spiro atoms. The number of nitrogens with zero attached hydrogens (tertiary/aromatic N) is 1. The molecule has 0 aliphatic rings. The zero-order chi connectivity index (χ0) is 11.1. The topological polar surface area (TPSA) is 95.7 Å². The Labute approximate surface area is 83.1 Å². The van der Waals surface area contributed by atoms with Crippen LogP contribution in [0.3, 0.4) is 0 Å². The normalized spacial score (nSPS) is 12.6. The minimum Gasteiger partial charge on any atom is -0.395 e. The van der Waals surface area contributed by atoms with Gasteiger partial charge in [0.1, 0.15) is 0 Å². The van der Waals surface area contributed by atoms with Crippen molar-refractivity contribution in [3.05, 3.63) is 0 Å². The van der Waals surface area contributed by atoms with Crippen LogP contribution in [0, 0.1) is 0 Å². The van der Waals surface area contributed by atoms with Crippen LogP contribution in [0.25, 0.3) is 0 Å². The van der Waals surface area contributed by atoms with Crippen molar-refractivity contribution < 1.29 is 14.7 Å². The van der Waals surface area contributed by atoms with Crippen molar-refractivity contribution >= 4 is 11.9 Å². The number of likely N-dealkylation sites (N-methyl/N-ethyl adjacent to an activating group) is 1. The number of carbonyl (C=O) groups is 2. The molecule has 6 nitrogen and oxygen atoms in total. The van der Waals surface area contributed by atoms with E-state index >= 15 is 0 Å². The van der Waals surface area contributed by atoms with Crippen LogP contribution in [0.5, 0.6) is 0 Å². The van der Waals surface area contributed by atoms with E-state index in [1.807, 2.05) is 17.1 Å². The van der Waals surface area contributed by atoms with Gasteiger partial charge >= 0.3 is 6.03 Å². The molecule has 0 bridgehead atoms. The molecule has 0 rings (SSSR count). The largest absolute Gasteiger partial charge is 0.395 e. The molecular weight excluding hydrogens is 186 g/mol. The van der Waals surface area contributed by atoms with E-state index in [2.05, 4.69) is 0 Å². The number of carbonyl (C=O) groups excluding carboxylic acids is 2. The summed E-state index contributed by atoms with van der Waals surface area (Å²) in [5, 5.41) is 10.8. The maximum Gasteiger partial charge on any atom is 0.318 e. The highest BCUT2D eigenvalue weighted by atomic mass is 16.3. The lowest BCUT2D eigenvalue weighted by atomic mass is 10.3. The van der Waals surface area contributed by atoms with Crippen LogP contribution in [0.4, 0.5) is 4.79 Å². The molecule has 0 aliphatic heterocycles. The molecule has 0 saturated carbocycles. The second-order valence-electron chi connectivity index (χ2n) is 3.17. The Morgan fingerprint density at radius 2 is 2.14 bits per heavy atom. The summed E-state index contributed by atoms with van der Waals surface area (Å²) in [7, 11) is 1.79. The van der Waals surface area contributed by atoms with Crippen LogP contribution >= 0.6 is 0 Å². The van der Waals surface area contributed by atoms with Crippen molar-refractivity contribution in [2.45, 2.75) is 19.4 Å². The van der Waals surface area contributed by atoms with E-state index < -0.39 is 11.9 Å². The lowest BCUT2D eigenvalue weighted by Gasteiger charge is -2.21. The van der Waals surface area contributed by atoms with Gasteiger partial charge in [-0.2, -0.15) is 0 Å². The standard InChI is InChI=1S/C8H17N3O3/c1-6(5-12)11(2)4-3-7(13)10-8(9)14/h6,12H,3-5H2,1-2H3,(H3,9,10,13,14). The first-order valence-electron chi connectivity index (χ1n) is 4.37. The van der Waals surface area contributed by atoms with E-state index in [1.54, 1.807) is 7.05 Å². The summed E-state index contributed by atoms with van der Waals surface area (Å²) >= 11 is 0. The number of nitrogens with one attached hydrogen (secondary N) is 1. The van der Waals surface area contributed by atoms with E-state index in [0.29, 0.717) is 6.54 Å². The molecule has 4 N–H and O–H groups in total. The first kappa shape index (κ1) is 12.9. The Morgan fingerprint density at radius 3 is 2.57 bits per heavy atom. The number of rotatable bonds is 5. The predicted molar refractivity (Wildman–Crippen MR) is 51.5 cm³/mol. The third kappa shape index (κ3) is 5.50. The summed E-state index contributed by atoms with van der Waals surface area (Å²) < 4.78 is 0. The predicted octanol–water partition coefficient (Wildman–Crippen LogP) is -1.12. The van der Waals surface area contributed by atoms with Gasteiger partial charge in [0, 0.05) is 19.0 Å². The number of amides is 3. The van der Waals surface area contributed by atoms with E-state index in [0.717, 1.165) is 0 Å². The summed E-state index contributed by atoms with van der Waals surface area (Å²) in [4.78, 5) is 23.1. The van der Waals surface area contributed by atoms with Crippen molar-refractivity contribution in [1.82, 2.24) is 10.2 Å². The minimum absolute atomic E-state index is 0.00335. The highest BCUT2D eigenvalue weighted by Crippen LogP contribution is 1.95. The number of primary amides is 1. The lowest BCUT2D eigenvalue weighted by Crippen LogP contribution is -2.39. The second kappa shape index (κ2) is 6.33. The van der Waals surface area contributed by atoms with E-state index in [1.165, 1.54) is 0 Å². The third-order valence-electron chi connectivity index (χ3n) is 1.97. The van der Waals surface area contributed by atoms with Gasteiger partial charge in [0.25, 0.3) is 0 Å². The third-order valence-corrected chi connectivity index (χ3v) is 1.97. The quantitative estimate of drug-likeness (QED) is 0.527. The van der Waals surface area contributed by atoms with Gasteiger partial charge < -0.3 is 15.7 Å². The second-order valence-corrected chi connectivity index (χ2v) is 3.17. The number of aliphatic hydroxyl groups excluding tert-OH is 1. The van der Waals surface area contributed by atoms with Gasteiger partial charge in [-0.25, -0.2) is 4.79 Å². The van der Waals surface area contributed by atoms with Gasteiger partial charge in [-0.1, -0.05) is 0 Å². The molecule has 0 aliphatic carbocycles. The average Bonchev–Trinajstić information content (AvgIpc) is 2.11. The van der Waals surface area contributed by atoms with Crippen molar-refractivity contribution in [1.29, 1.82) is 0 Å². The van der Waals surface area contributed by atoms with Gasteiger partial charge in [-0.15, -0.1) is 0 Å². The SMILES string of the molecule is CC(CO)N(C)CCC(=O)NC(N)=O. The van der Waals surface area contributed by atoms with Crippen molar-refractivity contribution in [2.75, 3.05) is 20.2 Å². The molecule has 0 heterocycles. The van der Waals surface area contributed by atoms with Gasteiger partial charge in [0.15, 0.2) is 0 Å². The Kier molecular flexibility index (Phi) is 5.82. The Bertz CT molecular complexity index is 208. The lowest BCUT2D eigenvalue weighted by molar-refractivity contribution is -0.120. The highest BCUT2D eigenvalue weighted by Gasteiger charge is 2.10. The van der Waals surface area contributed by atoms with E-state index in [9.17, 15) is 9.59 Å². The minimum atomic E-state index is -0.840. The molecule has 3 amide bonds. The molecule has 0 fully saturated rings. The molecule has 1 unspecified atom stereocenters. The smallest absolute Gasteiger partial charge is 0.318 e. The molecule has 0 radical (unpaired) electrons. The van der Waals surface area contributed by atoms with Crippen LogP contribution in [0.1, 0.15) is 13.3 Å². The summed E-state index contributed by atoms with van der Waals surface area (Å²) in [5.74, 6) is -0.408. The first-order valence-corrected chi connectivity index (χ1v) is 4.37. The Morgan fingerprint density at radius 1 is 1.57 bits per heavy atom. The molecule has 6 heteroatoms. The zero-order valence-corrected chi connectivity index (χ0v) is 8.49. The summed E-state index contributed by atoms with van der Waals surface area (Å²) in [5.41, 5.74) is 4.76. The van der Waals surface area contributed by atoms with Crippen LogP contribution in [-0.4, -0.2) is 48.2 Å². The summed E-state index contributed by atoms with van der Waals surface area (Å²) in [6.07, 6.45) is 0.184. The summed E-state index contributed by atoms with van der Waals surface area (Å²) in [6, 6.07) is -0.843. The molecule has 0 aromatic rings. The molecular formula is C8H17N3O3. The van der Waals surface area contributed by atoms with Crippen LogP contribution < -0.4 is 11.1 Å². The fraction of sp³-hybridized carbons (Fsp3) is 0.750. The van der Waals surface area contributed by atoms with Gasteiger partial charge in [-0.05, 0) is 14.0 Å². The zero-order valence-electron chi connectivity index (χ0n) is 8.49. The molecule has 0 aromatic carbocycles. The Balaban J connectivity index is 3.71. The van der Waals surface area contributed by atoms with Crippen molar-refractivity contribution in [2.24, 2.45) is 5.73 Å². The maximum atomic E-state index is 11.0. The molecule has 1 atom stereocenters. The molecule has 82 valence electrons. The molecule has 0 aromatic heterocycles. The highest BCUT2D eigenvalue weighted by molar-refractivity contribution is 5.93. The van der Waals surface area contributed by atoms with Gasteiger partial charge in [0.2, 0.25) is 5.91 Å². The Hall–Kier alpha value is -1.14. The number of nitrogens with two attached hydrogens (primary N) is 1. The number of imide groups is 1. The van der Waals surface area contributed by atoms with Gasteiger partial charge in [0.05, 0.1) is 6.61 Å². The van der Waals surface area contributed by atoms with Crippen molar-refractivity contribution in [3.8, 4) is 0 Å².